The number of hydrogen-bond donors (Lipinski definition) is 5. The topological polar surface area (TPSA) is 215 Å². The predicted octanol–water partition coefficient (Wildman–Crippen LogP) is 7.04. The average molecular weight is 988 g/mol. The van der Waals surface area contributed by atoms with Gasteiger partial charge in [0.15, 0.2) is 11.2 Å². The van der Waals surface area contributed by atoms with Gasteiger partial charge in [0.05, 0.1) is 36.2 Å². The van der Waals surface area contributed by atoms with Gasteiger partial charge in [-0.05, 0) is 123 Å². The Balaban J connectivity index is 0.000000159. The molecule has 10 rings (SSSR count). The molecule has 4 fully saturated rings. The molecule has 71 heavy (non-hydrogen) atoms. The Labute approximate surface area is 417 Å². The SMILES string of the molecule is C[C@@]12OC(=O)[C@]1([C@@H](O)[C@@H]1C=CCCC1)NC(=O)[C@@H]2CCO.C[C@@]12OC(=O)[C@]1([C@@H](O)[C@@H]1C=CCCC1)NC(=O)[C@@H]2CCOC(=O)c1ccc(-c2ccccc2)cc1.O=C(Cl)c1ccc(-c2ccccc2)cc1. The van der Waals surface area contributed by atoms with Crippen LogP contribution >= 0.6 is 11.6 Å². The molecular weight excluding hydrogens is 928 g/mol. The molecule has 4 heterocycles. The summed E-state index contributed by atoms with van der Waals surface area (Å²) in [6.07, 6.45) is 11.4. The highest BCUT2D eigenvalue weighted by Crippen LogP contribution is 2.54. The molecule has 4 saturated heterocycles. The van der Waals surface area contributed by atoms with E-state index in [-0.39, 0.29) is 49.7 Å². The molecule has 372 valence electrons. The summed E-state index contributed by atoms with van der Waals surface area (Å²) in [5, 5.41) is 36.1. The summed E-state index contributed by atoms with van der Waals surface area (Å²) >= 11 is 5.36. The van der Waals surface area contributed by atoms with Crippen molar-refractivity contribution in [3.63, 3.8) is 0 Å². The van der Waals surface area contributed by atoms with Crippen LogP contribution in [0.2, 0.25) is 0 Å². The third-order valence-electron chi connectivity index (χ3n) is 15.2. The Bertz CT molecular complexity index is 2680. The van der Waals surface area contributed by atoms with E-state index >= 15 is 0 Å². The molecule has 4 aromatic rings. The first-order valence-corrected chi connectivity index (χ1v) is 24.6. The number of allylic oxidation sites excluding steroid dienone is 2. The number of ether oxygens (including phenoxy) is 3. The lowest BCUT2D eigenvalue weighted by molar-refractivity contribution is -0.239. The normalized spacial score (nSPS) is 29.5. The molecule has 4 aromatic carbocycles. The van der Waals surface area contributed by atoms with E-state index in [0.29, 0.717) is 11.1 Å². The number of carbonyl (C=O) groups is 6. The number of carbonyl (C=O) groups excluding carboxylic acids is 6. The average Bonchev–Trinajstić information content (AvgIpc) is 3.69. The number of hydrogen-bond acceptors (Lipinski definition) is 12. The lowest BCUT2D eigenvalue weighted by Gasteiger charge is -2.54. The summed E-state index contributed by atoms with van der Waals surface area (Å²) in [5.41, 5.74) is 0.0544. The number of benzene rings is 4. The smallest absolute Gasteiger partial charge is 0.339 e. The van der Waals surface area contributed by atoms with Gasteiger partial charge in [-0.25, -0.2) is 14.4 Å². The van der Waals surface area contributed by atoms with Gasteiger partial charge in [0.1, 0.15) is 0 Å². The summed E-state index contributed by atoms with van der Waals surface area (Å²) in [4.78, 5) is 73.2. The molecule has 0 radical (unpaired) electrons. The van der Waals surface area contributed by atoms with Crippen molar-refractivity contribution in [2.24, 2.45) is 23.7 Å². The number of rotatable bonds is 13. The zero-order chi connectivity index (χ0) is 50.6. The van der Waals surface area contributed by atoms with Crippen LogP contribution in [0.15, 0.2) is 133 Å². The minimum absolute atomic E-state index is 0.0139. The fourth-order valence-electron chi connectivity index (χ4n) is 11.1. The highest BCUT2D eigenvalue weighted by atomic mass is 35.5. The molecule has 0 spiro atoms. The maximum absolute atomic E-state index is 12.9. The Hall–Kier alpha value is -6.45. The second-order valence-corrected chi connectivity index (χ2v) is 19.6. The first-order chi connectivity index (χ1) is 34.1. The highest BCUT2D eigenvalue weighted by molar-refractivity contribution is 6.67. The van der Waals surface area contributed by atoms with Gasteiger partial charge in [-0.1, -0.05) is 109 Å². The molecule has 0 bridgehead atoms. The van der Waals surface area contributed by atoms with Crippen LogP contribution in [0.25, 0.3) is 22.3 Å². The van der Waals surface area contributed by atoms with Crippen LogP contribution in [0.1, 0.15) is 85.9 Å². The summed E-state index contributed by atoms with van der Waals surface area (Å²) in [7, 11) is 0. The highest BCUT2D eigenvalue weighted by Gasteiger charge is 2.80. The molecule has 2 amide bonds. The summed E-state index contributed by atoms with van der Waals surface area (Å²) < 4.78 is 16.2. The Morgan fingerprint density at radius 2 is 1.04 bits per heavy atom. The molecule has 4 aliphatic heterocycles. The summed E-state index contributed by atoms with van der Waals surface area (Å²) in [5.74, 6) is -4.14. The van der Waals surface area contributed by atoms with E-state index in [2.05, 4.69) is 10.6 Å². The van der Waals surface area contributed by atoms with Gasteiger partial charge in [-0.3, -0.25) is 14.4 Å². The van der Waals surface area contributed by atoms with Crippen molar-refractivity contribution in [1.82, 2.24) is 10.6 Å². The van der Waals surface area contributed by atoms with Crippen molar-refractivity contribution < 1.29 is 58.3 Å². The van der Waals surface area contributed by atoms with E-state index in [1.807, 2.05) is 109 Å². The van der Waals surface area contributed by atoms with Crippen molar-refractivity contribution >= 4 is 46.6 Å². The summed E-state index contributed by atoms with van der Waals surface area (Å²) in [6, 6.07) is 34.2. The number of fused-ring (bicyclic) bond motifs is 2. The van der Waals surface area contributed by atoms with E-state index in [9.17, 15) is 39.0 Å². The maximum atomic E-state index is 12.9. The zero-order valence-electron chi connectivity index (χ0n) is 39.6. The molecule has 14 nitrogen and oxygen atoms in total. The summed E-state index contributed by atoms with van der Waals surface area (Å²) in [6.45, 7) is 3.17. The van der Waals surface area contributed by atoms with Crippen molar-refractivity contribution in [1.29, 1.82) is 0 Å². The van der Waals surface area contributed by atoms with Crippen LogP contribution in [0, 0.1) is 23.7 Å². The van der Waals surface area contributed by atoms with Gasteiger partial charge < -0.3 is 40.2 Å². The Morgan fingerprint density at radius 3 is 1.42 bits per heavy atom. The Morgan fingerprint density at radius 1 is 0.634 bits per heavy atom. The van der Waals surface area contributed by atoms with Crippen LogP contribution in [0.4, 0.5) is 0 Å². The van der Waals surface area contributed by atoms with Crippen LogP contribution < -0.4 is 10.6 Å². The molecular formula is C56H59ClN2O12. The predicted molar refractivity (Wildman–Crippen MR) is 263 cm³/mol. The van der Waals surface area contributed by atoms with Crippen LogP contribution in [-0.4, -0.2) is 98.0 Å². The van der Waals surface area contributed by atoms with Crippen LogP contribution in [0.3, 0.4) is 0 Å². The monoisotopic (exact) mass is 986 g/mol. The Kier molecular flexibility index (Phi) is 15.1. The van der Waals surface area contributed by atoms with Gasteiger partial charge in [-0.2, -0.15) is 0 Å². The van der Waals surface area contributed by atoms with Gasteiger partial charge in [-0.15, -0.1) is 0 Å². The molecule has 0 saturated carbocycles. The lowest BCUT2D eigenvalue weighted by atomic mass is 9.64. The van der Waals surface area contributed by atoms with Crippen molar-refractivity contribution in [2.75, 3.05) is 13.2 Å². The molecule has 0 aromatic heterocycles. The molecule has 15 heteroatoms. The van der Waals surface area contributed by atoms with E-state index in [0.717, 1.165) is 60.8 Å². The number of aliphatic hydroxyl groups is 3. The minimum Gasteiger partial charge on any atom is -0.462 e. The standard InChI is InChI=1S/C28H29NO6.C15H21NO5.C13H9ClO/c1-27-22(24(31)29-28(27,26(33)35-27)23(30)20-10-6-3-7-11-20)16-17-34-25(32)21-14-12-19(13-15-21)18-8-4-2-5-9-18;1-14-10(7-8-17)12(19)16-15(14,13(20)21-14)11(18)9-5-3-2-4-6-9;14-13(15)12-8-6-11(7-9-12)10-4-2-1-3-5-10/h2,4-6,8-10,12-15,20,22-23,30H,3,7,11,16-17H2,1H3,(H,29,31);3,5,9-11,17-18H,2,4,6-8H2,1H3,(H,16,19);1-9H/t20-,22+,23+,27+,28+;9-,10+,11+,14+,15+;/m11./s1. The van der Waals surface area contributed by atoms with E-state index in [1.165, 1.54) is 0 Å². The first kappa shape index (κ1) is 50.9. The van der Waals surface area contributed by atoms with Crippen molar-refractivity contribution in [2.45, 2.75) is 99.7 Å². The van der Waals surface area contributed by atoms with Crippen molar-refractivity contribution in [3.8, 4) is 22.3 Å². The third-order valence-corrected chi connectivity index (χ3v) is 15.4. The van der Waals surface area contributed by atoms with Gasteiger partial charge in [0.2, 0.25) is 22.9 Å². The number of nitrogens with one attached hydrogen (secondary N) is 2. The molecule has 2 aliphatic carbocycles. The number of esters is 3. The lowest BCUT2D eigenvalue weighted by Crippen LogP contribution is -2.80. The van der Waals surface area contributed by atoms with Crippen LogP contribution in [0.5, 0.6) is 0 Å². The number of halogens is 1. The van der Waals surface area contributed by atoms with Gasteiger partial charge in [0, 0.05) is 24.0 Å². The fourth-order valence-corrected chi connectivity index (χ4v) is 11.2. The number of amides is 2. The maximum Gasteiger partial charge on any atom is 0.339 e. The van der Waals surface area contributed by atoms with E-state index < -0.39 is 69.5 Å². The minimum atomic E-state index is -1.47. The zero-order valence-corrected chi connectivity index (χ0v) is 40.4. The van der Waals surface area contributed by atoms with E-state index in [4.69, 9.17) is 30.9 Å². The largest absolute Gasteiger partial charge is 0.462 e. The molecule has 5 N–H and O–H groups in total. The number of aliphatic hydroxyl groups excluding tert-OH is 3. The fraction of sp³-hybridized carbons (Fsp3) is 0.393. The van der Waals surface area contributed by atoms with Crippen molar-refractivity contribution in [3.05, 3.63) is 145 Å². The van der Waals surface area contributed by atoms with E-state index in [1.54, 1.807) is 38.1 Å². The van der Waals surface area contributed by atoms with Gasteiger partial charge in [0.25, 0.3) is 5.24 Å². The molecule has 0 unspecified atom stereocenters. The molecule has 10 atom stereocenters. The third kappa shape index (κ3) is 9.34. The second-order valence-electron chi connectivity index (χ2n) is 19.2. The quantitative estimate of drug-likeness (QED) is 0.0395. The second kappa shape index (κ2) is 21.1. The molecule has 6 aliphatic rings. The van der Waals surface area contributed by atoms with Gasteiger partial charge >= 0.3 is 17.9 Å². The first-order valence-electron chi connectivity index (χ1n) is 24.2. The van der Waals surface area contributed by atoms with Crippen LogP contribution in [-0.2, 0) is 33.4 Å².